The number of nitrogens with zero attached hydrogens (tertiary/aromatic N) is 1. The van der Waals surface area contributed by atoms with Gasteiger partial charge in [0.2, 0.25) is 0 Å². The Kier molecular flexibility index (Phi) is 4.41. The van der Waals surface area contributed by atoms with Gasteiger partial charge in [0.1, 0.15) is 0 Å². The number of carboxylic acid groups (broad SMARTS) is 1. The lowest BCUT2D eigenvalue weighted by molar-refractivity contribution is -0.177. The van der Waals surface area contributed by atoms with Gasteiger partial charge in [-0.1, -0.05) is 30.3 Å². The quantitative estimate of drug-likeness (QED) is 0.881. The SMILES string of the molecule is O=C(NC1(C(=O)O)CCN(Cc2ccccc2)C1)C(F)(F)F. The van der Waals surface area contributed by atoms with Crippen molar-refractivity contribution >= 4 is 11.9 Å². The monoisotopic (exact) mass is 316 g/mol. The number of carbonyl (C=O) groups is 2. The van der Waals surface area contributed by atoms with Crippen LogP contribution in [0.3, 0.4) is 0 Å². The number of aliphatic carboxylic acids is 1. The van der Waals surface area contributed by atoms with Gasteiger partial charge in [-0.25, -0.2) is 4.79 Å². The summed E-state index contributed by atoms with van der Waals surface area (Å²) in [4.78, 5) is 24.2. The zero-order valence-corrected chi connectivity index (χ0v) is 11.6. The number of carboxylic acids is 1. The number of benzene rings is 1. The van der Waals surface area contributed by atoms with Crippen molar-refractivity contribution in [2.24, 2.45) is 0 Å². The Morgan fingerprint density at radius 2 is 1.91 bits per heavy atom. The van der Waals surface area contributed by atoms with Crippen LogP contribution in [0.4, 0.5) is 13.2 Å². The molecule has 0 radical (unpaired) electrons. The lowest BCUT2D eigenvalue weighted by Crippen LogP contribution is -2.59. The molecule has 2 rings (SSSR count). The predicted octanol–water partition coefficient (Wildman–Crippen LogP) is 1.39. The molecule has 1 aliphatic rings. The maximum atomic E-state index is 12.4. The Hall–Kier alpha value is -2.09. The van der Waals surface area contributed by atoms with E-state index >= 15 is 0 Å². The second-order valence-corrected chi connectivity index (χ2v) is 5.29. The molecule has 1 atom stereocenters. The molecule has 1 amide bonds. The first-order valence-corrected chi connectivity index (χ1v) is 6.62. The largest absolute Gasteiger partial charge is 0.479 e. The van der Waals surface area contributed by atoms with Crippen LogP contribution in [0, 0.1) is 0 Å². The van der Waals surface area contributed by atoms with Gasteiger partial charge in [0.25, 0.3) is 0 Å². The maximum Gasteiger partial charge on any atom is 0.471 e. The van der Waals surface area contributed by atoms with Crippen LogP contribution in [0.5, 0.6) is 0 Å². The molecule has 0 aliphatic carbocycles. The molecule has 22 heavy (non-hydrogen) atoms. The van der Waals surface area contributed by atoms with E-state index in [2.05, 4.69) is 0 Å². The second kappa shape index (κ2) is 5.96. The summed E-state index contributed by atoms with van der Waals surface area (Å²) >= 11 is 0. The van der Waals surface area contributed by atoms with E-state index in [1.807, 2.05) is 30.3 Å². The van der Waals surface area contributed by atoms with Crippen LogP contribution in [0.2, 0.25) is 0 Å². The lowest BCUT2D eigenvalue weighted by atomic mass is 9.99. The van der Waals surface area contributed by atoms with E-state index in [0.29, 0.717) is 13.1 Å². The van der Waals surface area contributed by atoms with E-state index in [1.54, 1.807) is 10.2 Å². The van der Waals surface area contributed by atoms with Crippen LogP contribution in [0.15, 0.2) is 30.3 Å². The molecule has 0 aromatic heterocycles. The highest BCUT2D eigenvalue weighted by Crippen LogP contribution is 2.26. The minimum atomic E-state index is -5.10. The summed E-state index contributed by atoms with van der Waals surface area (Å²) in [5, 5.41) is 10.9. The Morgan fingerprint density at radius 1 is 1.27 bits per heavy atom. The Labute approximate surface area is 124 Å². The zero-order valence-electron chi connectivity index (χ0n) is 11.6. The van der Waals surface area contributed by atoms with E-state index < -0.39 is 23.6 Å². The molecule has 1 aromatic rings. The average molecular weight is 316 g/mol. The molecule has 1 aliphatic heterocycles. The number of rotatable bonds is 4. The molecule has 0 saturated carbocycles. The van der Waals surface area contributed by atoms with Gasteiger partial charge in [-0.15, -0.1) is 0 Å². The number of hydrogen-bond donors (Lipinski definition) is 2. The second-order valence-electron chi connectivity index (χ2n) is 5.29. The highest BCUT2D eigenvalue weighted by atomic mass is 19.4. The fourth-order valence-electron chi connectivity index (χ4n) is 2.48. The van der Waals surface area contributed by atoms with Crippen molar-refractivity contribution in [3.8, 4) is 0 Å². The van der Waals surface area contributed by atoms with Crippen molar-refractivity contribution in [1.29, 1.82) is 0 Å². The Bertz CT molecular complexity index is 562. The molecule has 1 saturated heterocycles. The third-order valence-corrected chi connectivity index (χ3v) is 3.62. The number of amides is 1. The maximum absolute atomic E-state index is 12.4. The molecule has 1 fully saturated rings. The molecule has 1 unspecified atom stereocenters. The van der Waals surface area contributed by atoms with Crippen LogP contribution in [-0.2, 0) is 16.1 Å². The molecule has 1 heterocycles. The van der Waals surface area contributed by atoms with Crippen molar-refractivity contribution in [2.45, 2.75) is 24.7 Å². The number of carbonyl (C=O) groups excluding carboxylic acids is 1. The molecule has 5 nitrogen and oxygen atoms in total. The average Bonchev–Trinajstić information content (AvgIpc) is 2.83. The third-order valence-electron chi connectivity index (χ3n) is 3.62. The number of likely N-dealkylation sites (tertiary alicyclic amines) is 1. The van der Waals surface area contributed by atoms with Crippen molar-refractivity contribution in [2.75, 3.05) is 13.1 Å². The number of halogens is 3. The van der Waals surface area contributed by atoms with Gasteiger partial charge in [0.05, 0.1) is 0 Å². The minimum absolute atomic E-state index is 0.0724. The van der Waals surface area contributed by atoms with E-state index in [1.165, 1.54) is 0 Å². The van der Waals surface area contributed by atoms with E-state index in [0.717, 1.165) is 5.56 Å². The van der Waals surface area contributed by atoms with Crippen LogP contribution >= 0.6 is 0 Å². The summed E-state index contributed by atoms with van der Waals surface area (Å²) in [6.45, 7) is 0.538. The fraction of sp³-hybridized carbons (Fsp3) is 0.429. The minimum Gasteiger partial charge on any atom is -0.479 e. The van der Waals surface area contributed by atoms with Crippen LogP contribution < -0.4 is 5.32 Å². The van der Waals surface area contributed by atoms with Crippen LogP contribution in [0.1, 0.15) is 12.0 Å². The molecule has 120 valence electrons. The van der Waals surface area contributed by atoms with Crippen molar-refractivity contribution in [1.82, 2.24) is 10.2 Å². The molecular formula is C14H15F3N2O3. The molecule has 1 aromatic carbocycles. The van der Waals surface area contributed by atoms with E-state index in [9.17, 15) is 27.9 Å². The summed E-state index contributed by atoms with van der Waals surface area (Å²) in [5.74, 6) is -3.68. The van der Waals surface area contributed by atoms with Crippen LogP contribution in [-0.4, -0.2) is 46.7 Å². The predicted molar refractivity (Wildman–Crippen MR) is 70.9 cm³/mol. The molecule has 0 spiro atoms. The zero-order chi connectivity index (χ0) is 16.4. The molecular weight excluding hydrogens is 301 g/mol. The van der Waals surface area contributed by atoms with E-state index in [4.69, 9.17) is 0 Å². The summed E-state index contributed by atoms with van der Waals surface area (Å²) in [7, 11) is 0. The molecule has 0 bridgehead atoms. The fourth-order valence-corrected chi connectivity index (χ4v) is 2.48. The van der Waals surface area contributed by atoms with Crippen LogP contribution in [0.25, 0.3) is 0 Å². The third kappa shape index (κ3) is 3.56. The molecule has 2 N–H and O–H groups in total. The Morgan fingerprint density at radius 3 is 2.45 bits per heavy atom. The summed E-state index contributed by atoms with van der Waals surface area (Å²) < 4.78 is 37.1. The highest BCUT2D eigenvalue weighted by Gasteiger charge is 2.50. The first-order valence-electron chi connectivity index (χ1n) is 6.62. The lowest BCUT2D eigenvalue weighted by Gasteiger charge is -2.26. The van der Waals surface area contributed by atoms with Crippen molar-refractivity contribution in [3.05, 3.63) is 35.9 Å². The van der Waals surface area contributed by atoms with Gasteiger partial charge >= 0.3 is 18.1 Å². The summed E-state index contributed by atoms with van der Waals surface area (Å²) in [6.07, 6.45) is -5.17. The van der Waals surface area contributed by atoms with Gasteiger partial charge < -0.3 is 10.4 Å². The first kappa shape index (κ1) is 16.3. The normalized spacial score (nSPS) is 22.5. The summed E-state index contributed by atoms with van der Waals surface area (Å²) in [5.41, 5.74) is -0.979. The summed E-state index contributed by atoms with van der Waals surface area (Å²) in [6, 6.07) is 9.16. The van der Waals surface area contributed by atoms with Gasteiger partial charge in [-0.3, -0.25) is 9.69 Å². The van der Waals surface area contributed by atoms with Gasteiger partial charge in [-0.2, -0.15) is 13.2 Å². The molecule has 8 heteroatoms. The van der Waals surface area contributed by atoms with Crippen molar-refractivity contribution < 1.29 is 27.9 Å². The van der Waals surface area contributed by atoms with E-state index in [-0.39, 0.29) is 13.0 Å². The number of hydrogen-bond acceptors (Lipinski definition) is 3. The number of alkyl halides is 3. The Balaban J connectivity index is 2.08. The standard InChI is InChI=1S/C14H15F3N2O3/c15-14(16,17)11(20)18-13(12(21)22)6-7-19(9-13)8-10-4-2-1-3-5-10/h1-5H,6-9H2,(H,18,20)(H,21,22). The van der Waals surface area contributed by atoms with Crippen molar-refractivity contribution in [3.63, 3.8) is 0 Å². The van der Waals surface area contributed by atoms with Gasteiger partial charge in [0, 0.05) is 19.6 Å². The highest BCUT2D eigenvalue weighted by molar-refractivity contribution is 5.90. The first-order chi connectivity index (χ1) is 10.2. The van der Waals surface area contributed by atoms with Gasteiger partial charge in [-0.05, 0) is 12.0 Å². The smallest absolute Gasteiger partial charge is 0.471 e. The van der Waals surface area contributed by atoms with Gasteiger partial charge in [0.15, 0.2) is 5.54 Å². The topological polar surface area (TPSA) is 69.6 Å². The number of nitrogens with one attached hydrogen (secondary N) is 1.